The number of carbonyl (C=O) groups is 1. The van der Waals surface area contributed by atoms with Gasteiger partial charge in [0.2, 0.25) is 11.7 Å². The number of rotatable bonds is 4. The molecule has 3 aromatic rings. The van der Waals surface area contributed by atoms with Crippen molar-refractivity contribution in [3.63, 3.8) is 0 Å². The number of nitrogens with one attached hydrogen (secondary N) is 1. The first-order chi connectivity index (χ1) is 17.5. The van der Waals surface area contributed by atoms with Gasteiger partial charge in [0.25, 0.3) is 0 Å². The van der Waals surface area contributed by atoms with Crippen molar-refractivity contribution in [2.45, 2.75) is 68.9 Å². The summed E-state index contributed by atoms with van der Waals surface area (Å²) in [6.45, 7) is 3.03. The van der Waals surface area contributed by atoms with E-state index in [4.69, 9.17) is 9.51 Å². The molecule has 8 rings (SSSR count). The van der Waals surface area contributed by atoms with Gasteiger partial charge in [-0.05, 0) is 68.6 Å². The molecule has 5 unspecified atom stereocenters. The summed E-state index contributed by atoms with van der Waals surface area (Å²) in [5.41, 5.74) is 4.56. The number of allylic oxidation sites excluding steroid dienone is 1. The third-order valence-corrected chi connectivity index (χ3v) is 9.04. The number of aromatic nitrogens is 3. The number of hydrogen-bond acceptors (Lipinski definition) is 4. The fraction of sp³-hybridized carbons (Fsp3) is 0.483. The molecular formula is C29H33N5O2. The molecule has 5 atom stereocenters. The minimum atomic E-state index is -0.332. The lowest BCUT2D eigenvalue weighted by Gasteiger charge is -2.53. The van der Waals surface area contributed by atoms with Crippen molar-refractivity contribution >= 4 is 12.1 Å². The molecule has 2 aliphatic heterocycles. The summed E-state index contributed by atoms with van der Waals surface area (Å²) < 4.78 is 8.11. The number of amides is 2. The fourth-order valence-electron chi connectivity index (χ4n) is 7.08. The minimum Gasteiger partial charge on any atom is -0.350 e. The van der Waals surface area contributed by atoms with Crippen molar-refractivity contribution in [2.24, 2.45) is 13.0 Å². The standard InChI is InChI=1S/C29H33N5O2/c1-29(27-31-26(32-36-27)22-17-33(2)24-11-7-6-10-20(22)24)15-18-12-13-25(29)34(16-18)28(35)30-23-14-21(23)19-8-4-3-5-9-19/h3-5,7-9,11,17-18,21,23,25H,6,10,12-16H2,1-2H3,(H,30,35). The molecule has 0 spiro atoms. The summed E-state index contributed by atoms with van der Waals surface area (Å²) in [7, 11) is 2.07. The van der Waals surface area contributed by atoms with Gasteiger partial charge in [-0.15, -0.1) is 0 Å². The van der Waals surface area contributed by atoms with Crippen LogP contribution in [0.3, 0.4) is 0 Å². The first-order valence-electron chi connectivity index (χ1n) is 13.3. The van der Waals surface area contributed by atoms with Gasteiger partial charge < -0.3 is 19.3 Å². The van der Waals surface area contributed by atoms with Crippen LogP contribution in [-0.4, -0.2) is 44.3 Å². The molecule has 2 aromatic heterocycles. The zero-order chi connectivity index (χ0) is 24.4. The molecule has 2 saturated heterocycles. The molecule has 4 fully saturated rings. The van der Waals surface area contributed by atoms with Crippen LogP contribution in [0.4, 0.5) is 4.79 Å². The normalized spacial score (nSPS) is 30.3. The Morgan fingerprint density at radius 3 is 2.92 bits per heavy atom. The Hall–Kier alpha value is -3.35. The van der Waals surface area contributed by atoms with Gasteiger partial charge in [-0.25, -0.2) is 4.79 Å². The van der Waals surface area contributed by atoms with Crippen LogP contribution in [0, 0.1) is 5.92 Å². The van der Waals surface area contributed by atoms with Crippen molar-refractivity contribution in [3.05, 3.63) is 65.3 Å². The average Bonchev–Trinajstić information content (AvgIpc) is 3.33. The molecule has 1 aromatic carbocycles. The second-order valence-electron chi connectivity index (χ2n) is 11.4. The highest BCUT2D eigenvalue weighted by Crippen LogP contribution is 2.49. The average molecular weight is 484 g/mol. The summed E-state index contributed by atoms with van der Waals surface area (Å²) in [5.74, 6) is 2.22. The lowest BCUT2D eigenvalue weighted by atomic mass is 9.63. The van der Waals surface area contributed by atoms with Crippen LogP contribution in [0.2, 0.25) is 0 Å². The number of nitrogens with zero attached hydrogens (tertiary/aromatic N) is 4. The molecule has 2 saturated carbocycles. The molecule has 186 valence electrons. The maximum Gasteiger partial charge on any atom is 0.317 e. The summed E-state index contributed by atoms with van der Waals surface area (Å²) in [5, 5.41) is 7.77. The van der Waals surface area contributed by atoms with Crippen molar-refractivity contribution in [1.29, 1.82) is 0 Å². The lowest BCUT2D eigenvalue weighted by molar-refractivity contribution is -0.000494. The van der Waals surface area contributed by atoms with Gasteiger partial charge in [-0.1, -0.05) is 41.6 Å². The van der Waals surface area contributed by atoms with E-state index in [0.29, 0.717) is 23.6 Å². The van der Waals surface area contributed by atoms with E-state index in [9.17, 15) is 4.79 Å². The number of benzene rings is 1. The second kappa shape index (κ2) is 8.08. The van der Waals surface area contributed by atoms with E-state index in [-0.39, 0.29) is 23.5 Å². The molecule has 5 aliphatic rings. The van der Waals surface area contributed by atoms with Gasteiger partial charge in [0.1, 0.15) is 0 Å². The Bertz CT molecular complexity index is 1340. The first kappa shape index (κ1) is 21.9. The predicted octanol–water partition coefficient (Wildman–Crippen LogP) is 5.04. The van der Waals surface area contributed by atoms with Crippen LogP contribution in [-0.2, 0) is 18.9 Å². The van der Waals surface area contributed by atoms with Crippen LogP contribution in [0.15, 0.2) is 47.1 Å². The number of piperidine rings is 2. The topological polar surface area (TPSA) is 76.2 Å². The highest BCUT2D eigenvalue weighted by Gasteiger charge is 2.54. The molecule has 2 bridgehead atoms. The van der Waals surface area contributed by atoms with Crippen molar-refractivity contribution in [3.8, 4) is 11.4 Å². The SMILES string of the molecule is Cn1cc(-c2noc(C3(C)CC4CCC3N(C(=O)NC3CC3c3ccccc3)C4)n2)c2c1C=CCC2. The lowest BCUT2D eigenvalue weighted by Crippen LogP contribution is -2.63. The van der Waals surface area contributed by atoms with E-state index >= 15 is 0 Å². The van der Waals surface area contributed by atoms with Gasteiger partial charge in [-0.3, -0.25) is 0 Å². The molecule has 2 amide bonds. The maximum atomic E-state index is 13.5. The van der Waals surface area contributed by atoms with E-state index in [1.807, 2.05) is 6.07 Å². The highest BCUT2D eigenvalue weighted by atomic mass is 16.5. The molecule has 7 nitrogen and oxygen atoms in total. The van der Waals surface area contributed by atoms with E-state index in [1.165, 1.54) is 16.8 Å². The highest BCUT2D eigenvalue weighted by molar-refractivity contribution is 5.76. The molecular weight excluding hydrogens is 450 g/mol. The van der Waals surface area contributed by atoms with Gasteiger partial charge >= 0.3 is 6.03 Å². The smallest absolute Gasteiger partial charge is 0.317 e. The zero-order valence-electron chi connectivity index (χ0n) is 21.0. The van der Waals surface area contributed by atoms with Crippen LogP contribution in [0.5, 0.6) is 0 Å². The molecule has 36 heavy (non-hydrogen) atoms. The number of hydrogen-bond donors (Lipinski definition) is 1. The quantitative estimate of drug-likeness (QED) is 0.564. The van der Waals surface area contributed by atoms with Crippen molar-refractivity contribution in [2.75, 3.05) is 6.54 Å². The summed E-state index contributed by atoms with van der Waals surface area (Å²) >= 11 is 0. The Labute approximate surface area is 211 Å². The predicted molar refractivity (Wildman–Crippen MR) is 137 cm³/mol. The monoisotopic (exact) mass is 483 g/mol. The van der Waals surface area contributed by atoms with Crippen LogP contribution >= 0.6 is 0 Å². The van der Waals surface area contributed by atoms with Crippen LogP contribution < -0.4 is 5.32 Å². The minimum absolute atomic E-state index is 0.0581. The van der Waals surface area contributed by atoms with Crippen molar-refractivity contribution in [1.82, 2.24) is 24.9 Å². The molecule has 7 heteroatoms. The number of fused-ring (bicyclic) bond motifs is 4. The number of carbonyl (C=O) groups excluding carboxylic acids is 1. The molecule has 3 aliphatic carbocycles. The Morgan fingerprint density at radius 2 is 2.08 bits per heavy atom. The Morgan fingerprint density at radius 1 is 1.22 bits per heavy atom. The Kier molecular flexibility index (Phi) is 4.92. The molecule has 0 radical (unpaired) electrons. The van der Waals surface area contributed by atoms with E-state index in [2.05, 4.69) is 76.5 Å². The third-order valence-electron chi connectivity index (χ3n) is 9.04. The first-order valence-corrected chi connectivity index (χ1v) is 13.3. The van der Waals surface area contributed by atoms with Gasteiger partial charge in [0.05, 0.1) is 5.41 Å². The second-order valence-corrected chi connectivity index (χ2v) is 11.4. The zero-order valence-corrected chi connectivity index (χ0v) is 21.0. The van der Waals surface area contributed by atoms with E-state index in [0.717, 1.165) is 50.6 Å². The van der Waals surface area contributed by atoms with E-state index < -0.39 is 0 Å². The summed E-state index contributed by atoms with van der Waals surface area (Å²) in [4.78, 5) is 20.5. The third kappa shape index (κ3) is 3.43. The van der Waals surface area contributed by atoms with Crippen LogP contribution in [0.1, 0.15) is 67.7 Å². The number of aryl methyl sites for hydroxylation is 1. The van der Waals surface area contributed by atoms with Gasteiger partial charge in [0.15, 0.2) is 0 Å². The van der Waals surface area contributed by atoms with Gasteiger partial charge in [-0.2, -0.15) is 4.98 Å². The molecule has 4 heterocycles. The largest absolute Gasteiger partial charge is 0.350 e. The maximum absolute atomic E-state index is 13.5. The molecule has 1 N–H and O–H groups in total. The summed E-state index contributed by atoms with van der Waals surface area (Å²) in [6.07, 6.45) is 12.7. The Balaban J connectivity index is 1.12. The summed E-state index contributed by atoms with van der Waals surface area (Å²) in [6, 6.07) is 10.8. The van der Waals surface area contributed by atoms with Gasteiger partial charge in [0, 0.05) is 49.0 Å². The fourth-order valence-corrected chi connectivity index (χ4v) is 7.08. The van der Waals surface area contributed by atoms with E-state index in [1.54, 1.807) is 0 Å². The number of urea groups is 1. The van der Waals surface area contributed by atoms with Crippen LogP contribution in [0.25, 0.3) is 17.5 Å². The van der Waals surface area contributed by atoms with Crippen molar-refractivity contribution < 1.29 is 9.32 Å².